The predicted molar refractivity (Wildman–Crippen MR) is 86.0 cm³/mol. The Balaban J connectivity index is 2.27. The Hall–Kier alpha value is -0.850. The van der Waals surface area contributed by atoms with Crippen LogP contribution in [0.3, 0.4) is 0 Å². The van der Waals surface area contributed by atoms with Crippen molar-refractivity contribution in [2.75, 3.05) is 40.0 Å². The average Bonchev–Trinajstić information content (AvgIpc) is 2.49. The van der Waals surface area contributed by atoms with E-state index in [2.05, 4.69) is 20.8 Å². The number of thiocarbonyl (C=S) groups is 1. The number of ether oxygens (including phenoxy) is 3. The predicted octanol–water partition coefficient (Wildman–Crippen LogP) is 2.86. The van der Waals surface area contributed by atoms with Gasteiger partial charge in [0.25, 0.3) is 0 Å². The third-order valence-corrected chi connectivity index (χ3v) is 4.15. The number of morpholine rings is 1. The fourth-order valence-corrected chi connectivity index (χ4v) is 2.93. The summed E-state index contributed by atoms with van der Waals surface area (Å²) in [6, 6.07) is 3.90. The fourth-order valence-electron chi connectivity index (χ4n) is 2.08. The normalized spacial score (nSPS) is 15.1. The van der Waals surface area contributed by atoms with E-state index < -0.39 is 0 Å². The summed E-state index contributed by atoms with van der Waals surface area (Å²) < 4.78 is 17.2. The number of rotatable bonds is 4. The average molecular weight is 360 g/mol. The van der Waals surface area contributed by atoms with Crippen molar-refractivity contribution in [1.82, 2.24) is 4.90 Å². The Morgan fingerprint density at radius 1 is 1.40 bits per heavy atom. The number of nitrogens with zero attached hydrogens (tertiary/aromatic N) is 1. The van der Waals surface area contributed by atoms with Gasteiger partial charge in [0.05, 0.1) is 31.4 Å². The van der Waals surface area contributed by atoms with E-state index in [4.69, 9.17) is 26.4 Å². The van der Waals surface area contributed by atoms with E-state index in [0.29, 0.717) is 18.1 Å². The van der Waals surface area contributed by atoms with Gasteiger partial charge >= 0.3 is 0 Å². The zero-order valence-electron chi connectivity index (χ0n) is 11.6. The van der Waals surface area contributed by atoms with Gasteiger partial charge in [-0.25, -0.2) is 0 Å². The van der Waals surface area contributed by atoms with Crippen LogP contribution < -0.4 is 9.47 Å². The van der Waals surface area contributed by atoms with Crippen LogP contribution in [-0.4, -0.2) is 49.9 Å². The third kappa shape index (κ3) is 3.42. The molecule has 0 spiro atoms. The smallest absolute Gasteiger partial charge is 0.175 e. The number of hydrogen-bond acceptors (Lipinski definition) is 4. The van der Waals surface area contributed by atoms with Crippen LogP contribution >= 0.6 is 28.1 Å². The molecular formula is C14H18BrNO3S. The molecule has 1 heterocycles. The lowest BCUT2D eigenvalue weighted by atomic mass is 10.1. The van der Waals surface area contributed by atoms with Crippen LogP contribution in [0.15, 0.2) is 16.6 Å². The number of benzene rings is 1. The maximum absolute atomic E-state index is 5.59. The molecule has 0 N–H and O–H groups in total. The Bertz CT molecular complexity index is 490. The molecule has 2 rings (SSSR count). The van der Waals surface area contributed by atoms with Gasteiger partial charge in [0.2, 0.25) is 0 Å². The first-order chi connectivity index (χ1) is 9.67. The van der Waals surface area contributed by atoms with E-state index in [1.54, 1.807) is 7.11 Å². The minimum atomic E-state index is 0.586. The highest BCUT2D eigenvalue weighted by Crippen LogP contribution is 2.37. The first-order valence-electron chi connectivity index (χ1n) is 6.54. The van der Waals surface area contributed by atoms with Gasteiger partial charge in [0, 0.05) is 18.7 Å². The van der Waals surface area contributed by atoms with Crippen LogP contribution in [-0.2, 0) is 4.74 Å². The molecule has 6 heteroatoms. The summed E-state index contributed by atoms with van der Waals surface area (Å²) in [5, 5.41) is 0. The van der Waals surface area contributed by atoms with Crippen molar-refractivity contribution in [1.29, 1.82) is 0 Å². The molecule has 1 aromatic rings. The summed E-state index contributed by atoms with van der Waals surface area (Å²) in [7, 11) is 1.63. The highest BCUT2D eigenvalue weighted by molar-refractivity contribution is 9.10. The van der Waals surface area contributed by atoms with Crippen molar-refractivity contribution >= 4 is 33.1 Å². The Morgan fingerprint density at radius 2 is 2.10 bits per heavy atom. The lowest BCUT2D eigenvalue weighted by molar-refractivity contribution is 0.0693. The van der Waals surface area contributed by atoms with Crippen molar-refractivity contribution < 1.29 is 14.2 Å². The summed E-state index contributed by atoms with van der Waals surface area (Å²) in [5.74, 6) is 1.40. The molecule has 1 fully saturated rings. The van der Waals surface area contributed by atoms with Gasteiger partial charge in [0.1, 0.15) is 4.99 Å². The van der Waals surface area contributed by atoms with Crippen molar-refractivity contribution in [3.05, 3.63) is 22.2 Å². The van der Waals surface area contributed by atoms with Crippen molar-refractivity contribution in [2.24, 2.45) is 0 Å². The molecule has 1 aliphatic rings. The monoisotopic (exact) mass is 359 g/mol. The van der Waals surface area contributed by atoms with Crippen LogP contribution in [0.5, 0.6) is 11.5 Å². The van der Waals surface area contributed by atoms with E-state index >= 15 is 0 Å². The van der Waals surface area contributed by atoms with Gasteiger partial charge in [0.15, 0.2) is 11.5 Å². The number of halogens is 1. The molecule has 0 saturated carbocycles. The second-order valence-corrected chi connectivity index (χ2v) is 5.57. The van der Waals surface area contributed by atoms with Crippen LogP contribution in [0.2, 0.25) is 0 Å². The van der Waals surface area contributed by atoms with E-state index in [1.807, 2.05) is 19.1 Å². The molecule has 0 aliphatic carbocycles. The molecule has 0 unspecified atom stereocenters. The maximum Gasteiger partial charge on any atom is 0.175 e. The number of hydrogen-bond donors (Lipinski definition) is 0. The minimum absolute atomic E-state index is 0.586. The van der Waals surface area contributed by atoms with E-state index in [9.17, 15) is 0 Å². The molecule has 0 radical (unpaired) electrons. The number of methoxy groups -OCH3 is 1. The highest BCUT2D eigenvalue weighted by atomic mass is 79.9. The summed E-state index contributed by atoms with van der Waals surface area (Å²) in [6.07, 6.45) is 0. The summed E-state index contributed by atoms with van der Waals surface area (Å²) in [5.41, 5.74) is 0.953. The summed E-state index contributed by atoms with van der Waals surface area (Å²) in [6.45, 7) is 5.61. The molecule has 0 atom stereocenters. The van der Waals surface area contributed by atoms with Crippen LogP contribution in [0, 0.1) is 0 Å². The quantitative estimate of drug-likeness (QED) is 0.771. The van der Waals surface area contributed by atoms with Gasteiger partial charge in [-0.15, -0.1) is 0 Å². The second kappa shape index (κ2) is 7.24. The topological polar surface area (TPSA) is 30.9 Å². The molecule has 0 bridgehead atoms. The Kier molecular flexibility index (Phi) is 5.63. The van der Waals surface area contributed by atoms with Crippen molar-refractivity contribution in [2.45, 2.75) is 6.92 Å². The molecule has 0 aromatic heterocycles. The second-order valence-electron chi connectivity index (χ2n) is 4.33. The van der Waals surface area contributed by atoms with E-state index in [1.165, 1.54) is 0 Å². The van der Waals surface area contributed by atoms with E-state index in [0.717, 1.165) is 41.3 Å². The van der Waals surface area contributed by atoms with Gasteiger partial charge in [-0.05, 0) is 35.0 Å². The maximum atomic E-state index is 5.59. The zero-order chi connectivity index (χ0) is 14.5. The summed E-state index contributed by atoms with van der Waals surface area (Å²) in [4.78, 5) is 2.97. The highest BCUT2D eigenvalue weighted by Gasteiger charge is 2.18. The van der Waals surface area contributed by atoms with Crippen molar-refractivity contribution in [3.63, 3.8) is 0 Å². The van der Waals surface area contributed by atoms with Crippen molar-refractivity contribution in [3.8, 4) is 11.5 Å². The van der Waals surface area contributed by atoms with Crippen LogP contribution in [0.25, 0.3) is 0 Å². The first kappa shape index (κ1) is 15.5. The lowest BCUT2D eigenvalue weighted by Gasteiger charge is -2.29. The first-order valence-corrected chi connectivity index (χ1v) is 7.74. The summed E-state index contributed by atoms with van der Waals surface area (Å²) >= 11 is 9.09. The molecule has 110 valence electrons. The van der Waals surface area contributed by atoms with Gasteiger partial charge < -0.3 is 19.1 Å². The lowest BCUT2D eigenvalue weighted by Crippen LogP contribution is -2.40. The van der Waals surface area contributed by atoms with Gasteiger partial charge in [-0.2, -0.15) is 0 Å². The molecule has 4 nitrogen and oxygen atoms in total. The van der Waals surface area contributed by atoms with E-state index in [-0.39, 0.29) is 0 Å². The molecule has 1 saturated heterocycles. The Morgan fingerprint density at radius 3 is 2.70 bits per heavy atom. The van der Waals surface area contributed by atoms with Gasteiger partial charge in [-0.3, -0.25) is 0 Å². The molecule has 20 heavy (non-hydrogen) atoms. The zero-order valence-corrected chi connectivity index (χ0v) is 14.1. The standard InChI is InChI=1S/C14H18BrNO3S/c1-3-19-13-11(15)8-10(9-12(13)17-2)14(20)16-4-6-18-7-5-16/h8-9H,3-7H2,1-2H3. The molecular weight excluding hydrogens is 342 g/mol. The molecule has 1 aliphatic heterocycles. The molecule has 1 aromatic carbocycles. The largest absolute Gasteiger partial charge is 0.493 e. The minimum Gasteiger partial charge on any atom is -0.493 e. The Labute approximate surface area is 133 Å². The van der Waals surface area contributed by atoms with Crippen LogP contribution in [0.1, 0.15) is 12.5 Å². The van der Waals surface area contributed by atoms with Gasteiger partial charge in [-0.1, -0.05) is 12.2 Å². The van der Waals surface area contributed by atoms with Crippen LogP contribution in [0.4, 0.5) is 0 Å². The molecule has 0 amide bonds. The SMILES string of the molecule is CCOc1c(Br)cc(C(=S)N2CCOCC2)cc1OC. The third-order valence-electron chi connectivity index (χ3n) is 3.06. The fraction of sp³-hybridized carbons (Fsp3) is 0.500.